The zero-order valence-electron chi connectivity index (χ0n) is 12.0. The summed E-state index contributed by atoms with van der Waals surface area (Å²) < 4.78 is 40.7. The molecule has 126 valence electrons. The Morgan fingerprint density at radius 2 is 2.13 bits per heavy atom. The summed E-state index contributed by atoms with van der Waals surface area (Å²) in [6, 6.07) is 1.28. The molecule has 0 bridgehead atoms. The van der Waals surface area contributed by atoms with Crippen LogP contribution >= 0.6 is 0 Å². The summed E-state index contributed by atoms with van der Waals surface area (Å²) in [4.78, 5) is 26.7. The van der Waals surface area contributed by atoms with Gasteiger partial charge in [0.1, 0.15) is 6.04 Å². The number of pyridine rings is 1. The SMILES string of the molecule is O=C(NC(CC1CC1)C(=O)O)c1ccnc(OCC(F)(F)F)c1. The minimum atomic E-state index is -4.52. The zero-order valence-corrected chi connectivity index (χ0v) is 12.0. The molecule has 1 fully saturated rings. The number of ether oxygens (including phenoxy) is 1. The molecule has 1 unspecified atom stereocenters. The van der Waals surface area contributed by atoms with Gasteiger partial charge in [0, 0.05) is 17.8 Å². The van der Waals surface area contributed by atoms with E-state index in [2.05, 4.69) is 15.0 Å². The molecule has 1 amide bonds. The van der Waals surface area contributed by atoms with E-state index in [4.69, 9.17) is 5.11 Å². The minimum Gasteiger partial charge on any atom is -0.480 e. The van der Waals surface area contributed by atoms with Crippen molar-refractivity contribution < 1.29 is 32.6 Å². The molecule has 1 saturated carbocycles. The first kappa shape index (κ1) is 17.0. The molecule has 6 nitrogen and oxygen atoms in total. The molecular formula is C14H15F3N2O4. The highest BCUT2D eigenvalue weighted by Crippen LogP contribution is 2.33. The highest BCUT2D eigenvalue weighted by molar-refractivity contribution is 5.96. The average Bonchev–Trinajstić information content (AvgIpc) is 3.28. The quantitative estimate of drug-likeness (QED) is 0.797. The third-order valence-electron chi connectivity index (χ3n) is 3.25. The number of carbonyl (C=O) groups excluding carboxylic acids is 1. The predicted octanol–water partition coefficient (Wildman–Crippen LogP) is 2.01. The highest BCUT2D eigenvalue weighted by Gasteiger charge is 2.31. The lowest BCUT2D eigenvalue weighted by Crippen LogP contribution is -2.41. The molecule has 1 aliphatic rings. The van der Waals surface area contributed by atoms with Crippen molar-refractivity contribution in [1.29, 1.82) is 0 Å². The van der Waals surface area contributed by atoms with Gasteiger partial charge in [-0.15, -0.1) is 0 Å². The molecule has 1 atom stereocenters. The van der Waals surface area contributed by atoms with E-state index in [9.17, 15) is 22.8 Å². The fraction of sp³-hybridized carbons (Fsp3) is 0.500. The van der Waals surface area contributed by atoms with Gasteiger partial charge in [-0.25, -0.2) is 9.78 Å². The summed E-state index contributed by atoms with van der Waals surface area (Å²) in [7, 11) is 0. The van der Waals surface area contributed by atoms with Gasteiger partial charge in [-0.1, -0.05) is 12.8 Å². The average molecular weight is 332 g/mol. The van der Waals surface area contributed by atoms with Crippen LogP contribution in [0.4, 0.5) is 13.2 Å². The number of aliphatic carboxylic acids is 1. The first-order valence-electron chi connectivity index (χ1n) is 6.94. The molecule has 2 N–H and O–H groups in total. The second-order valence-corrected chi connectivity index (χ2v) is 5.33. The molecule has 1 heterocycles. The number of carbonyl (C=O) groups is 2. The van der Waals surface area contributed by atoms with Crippen molar-refractivity contribution in [2.75, 3.05) is 6.61 Å². The predicted molar refractivity (Wildman–Crippen MR) is 72.0 cm³/mol. The summed E-state index contributed by atoms with van der Waals surface area (Å²) in [5.74, 6) is -1.91. The van der Waals surface area contributed by atoms with Gasteiger partial charge >= 0.3 is 12.1 Å². The molecule has 0 aromatic carbocycles. The summed E-state index contributed by atoms with van der Waals surface area (Å²) in [6.07, 6.45) is -1.19. The van der Waals surface area contributed by atoms with Crippen molar-refractivity contribution in [2.45, 2.75) is 31.5 Å². The number of carboxylic acids is 1. The lowest BCUT2D eigenvalue weighted by atomic mass is 10.1. The van der Waals surface area contributed by atoms with Gasteiger partial charge in [0.05, 0.1) is 0 Å². The molecular weight excluding hydrogens is 317 g/mol. The molecule has 9 heteroatoms. The van der Waals surface area contributed by atoms with Crippen LogP contribution in [0.25, 0.3) is 0 Å². The largest absolute Gasteiger partial charge is 0.480 e. The van der Waals surface area contributed by atoms with E-state index >= 15 is 0 Å². The van der Waals surface area contributed by atoms with Crippen molar-refractivity contribution in [1.82, 2.24) is 10.3 Å². The van der Waals surface area contributed by atoms with Crippen molar-refractivity contribution in [3.63, 3.8) is 0 Å². The number of hydrogen-bond donors (Lipinski definition) is 2. The number of nitrogens with one attached hydrogen (secondary N) is 1. The number of amides is 1. The van der Waals surface area contributed by atoms with E-state index in [0.717, 1.165) is 25.1 Å². The van der Waals surface area contributed by atoms with Gasteiger partial charge in [0.25, 0.3) is 5.91 Å². The Morgan fingerprint density at radius 3 is 2.70 bits per heavy atom. The van der Waals surface area contributed by atoms with Crippen molar-refractivity contribution in [3.8, 4) is 5.88 Å². The summed E-state index contributed by atoms with van der Waals surface area (Å²) >= 11 is 0. The van der Waals surface area contributed by atoms with Crippen LogP contribution in [0.5, 0.6) is 5.88 Å². The Labute approximate surface area is 129 Å². The number of carboxylic acid groups (broad SMARTS) is 1. The van der Waals surface area contributed by atoms with Crippen molar-refractivity contribution >= 4 is 11.9 Å². The Morgan fingerprint density at radius 1 is 1.43 bits per heavy atom. The molecule has 1 aromatic rings. The molecule has 1 aromatic heterocycles. The van der Waals surface area contributed by atoms with Crippen LogP contribution in [0, 0.1) is 5.92 Å². The number of nitrogens with zero attached hydrogens (tertiary/aromatic N) is 1. The molecule has 23 heavy (non-hydrogen) atoms. The van der Waals surface area contributed by atoms with Gasteiger partial charge in [-0.2, -0.15) is 13.2 Å². The monoisotopic (exact) mass is 332 g/mol. The Bertz CT molecular complexity index is 588. The Balaban J connectivity index is 1.99. The summed E-state index contributed by atoms with van der Waals surface area (Å²) in [5.41, 5.74) is -0.0146. The van der Waals surface area contributed by atoms with Crippen LogP contribution < -0.4 is 10.1 Å². The second kappa shape index (κ2) is 6.84. The lowest BCUT2D eigenvalue weighted by molar-refractivity contribution is -0.154. The number of hydrogen-bond acceptors (Lipinski definition) is 4. The molecule has 1 aliphatic carbocycles. The van der Waals surface area contributed by atoms with Crippen LogP contribution in [-0.2, 0) is 4.79 Å². The lowest BCUT2D eigenvalue weighted by Gasteiger charge is -2.14. The first-order valence-corrected chi connectivity index (χ1v) is 6.94. The first-order chi connectivity index (χ1) is 10.7. The van der Waals surface area contributed by atoms with Crippen LogP contribution in [0.15, 0.2) is 18.3 Å². The fourth-order valence-electron chi connectivity index (χ4n) is 1.94. The van der Waals surface area contributed by atoms with Gasteiger partial charge < -0.3 is 15.2 Å². The third-order valence-corrected chi connectivity index (χ3v) is 3.25. The van der Waals surface area contributed by atoms with E-state index in [0.29, 0.717) is 12.3 Å². The van der Waals surface area contributed by atoms with E-state index in [1.165, 1.54) is 6.07 Å². The van der Waals surface area contributed by atoms with Crippen molar-refractivity contribution in [3.05, 3.63) is 23.9 Å². The number of halogens is 3. The molecule has 2 rings (SSSR count). The Kier molecular flexibility index (Phi) is 5.07. The van der Waals surface area contributed by atoms with E-state index in [1.807, 2.05) is 0 Å². The highest BCUT2D eigenvalue weighted by atomic mass is 19.4. The smallest absolute Gasteiger partial charge is 0.422 e. The molecule has 0 aliphatic heterocycles. The fourth-order valence-corrected chi connectivity index (χ4v) is 1.94. The van der Waals surface area contributed by atoms with Crippen LogP contribution in [0.3, 0.4) is 0 Å². The molecule has 0 saturated heterocycles. The molecule has 0 radical (unpaired) electrons. The van der Waals surface area contributed by atoms with E-state index < -0.39 is 30.7 Å². The van der Waals surface area contributed by atoms with Crippen LogP contribution in [-0.4, -0.2) is 40.8 Å². The number of aromatic nitrogens is 1. The van der Waals surface area contributed by atoms with Crippen molar-refractivity contribution in [2.24, 2.45) is 5.92 Å². The number of alkyl halides is 3. The second-order valence-electron chi connectivity index (χ2n) is 5.33. The zero-order chi connectivity index (χ0) is 17.0. The topological polar surface area (TPSA) is 88.5 Å². The standard InChI is InChI=1S/C14H15F3N2O4/c15-14(16,17)7-23-11-6-9(3-4-18-11)12(20)19-10(13(21)22)5-8-1-2-8/h3-4,6,8,10H,1-2,5,7H2,(H,19,20)(H,21,22). The molecule has 0 spiro atoms. The maximum atomic E-state index is 12.1. The summed E-state index contributed by atoms with van der Waals surface area (Å²) in [5, 5.41) is 11.5. The normalized spacial score (nSPS) is 15.8. The van der Waals surface area contributed by atoms with Gasteiger partial charge in [0.15, 0.2) is 6.61 Å². The maximum Gasteiger partial charge on any atom is 0.422 e. The summed E-state index contributed by atoms with van der Waals surface area (Å²) in [6.45, 7) is -1.52. The van der Waals surface area contributed by atoms with Crippen LogP contribution in [0.2, 0.25) is 0 Å². The maximum absolute atomic E-state index is 12.1. The third kappa shape index (κ3) is 5.76. The number of rotatable bonds is 7. The van der Waals surface area contributed by atoms with E-state index in [1.54, 1.807) is 0 Å². The minimum absolute atomic E-state index is 0.0146. The van der Waals surface area contributed by atoms with Gasteiger partial charge in [0.2, 0.25) is 5.88 Å². The Hall–Kier alpha value is -2.32. The van der Waals surface area contributed by atoms with Crippen LogP contribution in [0.1, 0.15) is 29.6 Å². The van der Waals surface area contributed by atoms with Gasteiger partial charge in [-0.3, -0.25) is 4.79 Å². The van der Waals surface area contributed by atoms with Gasteiger partial charge in [-0.05, 0) is 18.4 Å². The van der Waals surface area contributed by atoms with E-state index in [-0.39, 0.29) is 11.4 Å².